The topological polar surface area (TPSA) is 177 Å². The summed E-state index contributed by atoms with van der Waals surface area (Å²) in [6.07, 6.45) is 1.23. The van der Waals surface area contributed by atoms with Crippen LogP contribution in [0, 0.1) is 0 Å². The minimum absolute atomic E-state index is 0.103. The summed E-state index contributed by atoms with van der Waals surface area (Å²) < 4.78 is 7.09. The van der Waals surface area contributed by atoms with Crippen molar-refractivity contribution in [2.24, 2.45) is 0 Å². The predicted octanol–water partition coefficient (Wildman–Crippen LogP) is 0.377. The number of aromatic nitrogens is 4. The molecule has 0 spiro atoms. The average Bonchev–Trinajstić information content (AvgIpc) is 3.47. The van der Waals surface area contributed by atoms with E-state index >= 15 is 0 Å². The zero-order chi connectivity index (χ0) is 24.9. The van der Waals surface area contributed by atoms with Gasteiger partial charge in [0.1, 0.15) is 24.1 Å². The van der Waals surface area contributed by atoms with Crippen LogP contribution in [0.2, 0.25) is 0 Å². The van der Waals surface area contributed by atoms with Crippen molar-refractivity contribution >= 4 is 28.8 Å². The van der Waals surface area contributed by atoms with E-state index in [4.69, 9.17) is 10.5 Å². The minimum atomic E-state index is -2.55. The van der Waals surface area contributed by atoms with Gasteiger partial charge in [-0.15, -0.1) is 0 Å². The molecular formula is C23H26N6O6. The number of benzene rings is 1. The molecule has 1 saturated heterocycles. The maximum absolute atomic E-state index is 13.6. The number of nitrogen functional groups attached to an aromatic ring is 1. The number of hydrogen-bond acceptors (Lipinski definition) is 10. The van der Waals surface area contributed by atoms with Crippen LogP contribution >= 0.6 is 0 Å². The van der Waals surface area contributed by atoms with Crippen molar-refractivity contribution in [3.63, 3.8) is 0 Å². The largest absolute Gasteiger partial charge is 0.393 e. The lowest BCUT2D eigenvalue weighted by molar-refractivity contribution is -0.157. The summed E-state index contributed by atoms with van der Waals surface area (Å²) in [5, 5.41) is 33.0. The molecule has 2 aromatic heterocycles. The molecule has 2 aliphatic heterocycles. The van der Waals surface area contributed by atoms with Crippen molar-refractivity contribution in [3.05, 3.63) is 47.5 Å². The number of aryl methyl sites for hydroxylation is 1. The van der Waals surface area contributed by atoms with E-state index in [2.05, 4.69) is 21.9 Å². The molecule has 5 N–H and O–H groups in total. The third kappa shape index (κ3) is 3.32. The van der Waals surface area contributed by atoms with E-state index in [1.165, 1.54) is 23.3 Å². The van der Waals surface area contributed by atoms with Gasteiger partial charge in [0.05, 0.1) is 24.1 Å². The molecule has 35 heavy (non-hydrogen) atoms. The van der Waals surface area contributed by atoms with Gasteiger partial charge in [-0.05, 0) is 24.5 Å². The molecule has 184 valence electrons. The summed E-state index contributed by atoms with van der Waals surface area (Å²) >= 11 is 0. The van der Waals surface area contributed by atoms with E-state index in [0.717, 1.165) is 19.3 Å². The molecule has 2 amide bonds. The van der Waals surface area contributed by atoms with Crippen molar-refractivity contribution in [1.82, 2.24) is 24.4 Å². The summed E-state index contributed by atoms with van der Waals surface area (Å²) in [6, 6.07) is 4.98. The van der Waals surface area contributed by atoms with Gasteiger partial charge in [0.25, 0.3) is 11.8 Å². The van der Waals surface area contributed by atoms with E-state index in [1.54, 1.807) is 12.1 Å². The zero-order valence-corrected chi connectivity index (χ0v) is 19.0. The van der Waals surface area contributed by atoms with Crippen molar-refractivity contribution in [3.8, 4) is 0 Å². The molecular weight excluding hydrogens is 456 g/mol. The van der Waals surface area contributed by atoms with Crippen LogP contribution < -0.4 is 5.73 Å². The fourth-order valence-corrected chi connectivity index (χ4v) is 4.93. The highest BCUT2D eigenvalue weighted by Gasteiger charge is 2.64. The van der Waals surface area contributed by atoms with Crippen LogP contribution in [-0.4, -0.2) is 76.1 Å². The number of unbranched alkanes of at least 4 members (excludes halogenated alkanes) is 2. The molecule has 1 fully saturated rings. The van der Waals surface area contributed by atoms with E-state index in [-0.39, 0.29) is 28.1 Å². The molecule has 0 bridgehead atoms. The number of aliphatic hydroxyl groups is 3. The molecule has 4 heterocycles. The molecule has 4 atom stereocenters. The molecule has 0 saturated carbocycles. The van der Waals surface area contributed by atoms with Crippen molar-refractivity contribution in [1.29, 1.82) is 0 Å². The molecule has 0 unspecified atom stereocenters. The molecule has 5 rings (SSSR count). The number of aliphatic hydroxyl groups excluding tert-OH is 2. The van der Waals surface area contributed by atoms with E-state index < -0.39 is 42.6 Å². The van der Waals surface area contributed by atoms with Crippen LogP contribution in [0.3, 0.4) is 0 Å². The van der Waals surface area contributed by atoms with Gasteiger partial charge in [-0.25, -0.2) is 19.9 Å². The number of rotatable bonds is 7. The Balaban J connectivity index is 1.54. The Bertz CT molecular complexity index is 1310. The summed E-state index contributed by atoms with van der Waals surface area (Å²) in [4.78, 5) is 39.6. The molecule has 12 nitrogen and oxygen atoms in total. The number of imide groups is 1. The smallest absolute Gasteiger partial charge is 0.264 e. The Morgan fingerprint density at radius 1 is 1.17 bits per heavy atom. The Labute approximate surface area is 200 Å². The summed E-state index contributed by atoms with van der Waals surface area (Å²) in [7, 11) is 0. The number of nitrogens with two attached hydrogens (primary N) is 1. The van der Waals surface area contributed by atoms with Gasteiger partial charge < -0.3 is 25.8 Å². The van der Waals surface area contributed by atoms with Gasteiger partial charge in [-0.1, -0.05) is 31.9 Å². The van der Waals surface area contributed by atoms with Gasteiger partial charge >= 0.3 is 0 Å². The summed E-state index contributed by atoms with van der Waals surface area (Å²) in [5.41, 5.74) is 4.77. The Morgan fingerprint density at radius 2 is 1.97 bits per heavy atom. The van der Waals surface area contributed by atoms with Crippen LogP contribution in [0.5, 0.6) is 0 Å². The number of amides is 2. The highest BCUT2D eigenvalue weighted by molar-refractivity contribution is 6.22. The van der Waals surface area contributed by atoms with E-state index in [1.807, 2.05) is 0 Å². The molecule has 2 aliphatic rings. The number of anilines is 1. The Morgan fingerprint density at radius 3 is 2.71 bits per heavy atom. The lowest BCUT2D eigenvalue weighted by atomic mass is 9.98. The van der Waals surface area contributed by atoms with Crippen LogP contribution in [0.15, 0.2) is 30.9 Å². The number of nitrogens with zero attached hydrogens (tertiary/aromatic N) is 5. The molecule has 0 aliphatic carbocycles. The summed E-state index contributed by atoms with van der Waals surface area (Å²) in [5.74, 6) is -1.41. The zero-order valence-electron chi connectivity index (χ0n) is 19.0. The lowest BCUT2D eigenvalue weighted by Gasteiger charge is -2.37. The minimum Gasteiger partial charge on any atom is -0.393 e. The van der Waals surface area contributed by atoms with Gasteiger partial charge in [0.2, 0.25) is 5.72 Å². The van der Waals surface area contributed by atoms with Crippen molar-refractivity contribution in [2.75, 3.05) is 12.3 Å². The van der Waals surface area contributed by atoms with Crippen molar-refractivity contribution in [2.45, 2.75) is 56.8 Å². The van der Waals surface area contributed by atoms with E-state index in [9.17, 15) is 24.9 Å². The second-order valence-corrected chi connectivity index (χ2v) is 8.75. The maximum Gasteiger partial charge on any atom is 0.264 e. The predicted molar refractivity (Wildman–Crippen MR) is 122 cm³/mol. The SMILES string of the molecule is CCCCCc1cccc2c1C(=O)N([C@@]1(O)[C@@H](CO)O[C@@H](n3cnc4c(N)ncnc43)[C@@H]1O)C2=O. The van der Waals surface area contributed by atoms with Gasteiger partial charge in [-0.3, -0.25) is 14.2 Å². The summed E-state index contributed by atoms with van der Waals surface area (Å²) in [6.45, 7) is 1.29. The van der Waals surface area contributed by atoms with Gasteiger partial charge in [0.15, 0.2) is 17.7 Å². The Hall–Kier alpha value is -3.45. The number of fused-ring (bicyclic) bond motifs is 2. The first-order chi connectivity index (χ1) is 16.8. The first-order valence-corrected chi connectivity index (χ1v) is 11.4. The van der Waals surface area contributed by atoms with Gasteiger partial charge in [0, 0.05) is 0 Å². The quantitative estimate of drug-likeness (QED) is 0.272. The number of carbonyl (C=O) groups excluding carboxylic acids is 2. The third-order valence-electron chi connectivity index (χ3n) is 6.72. The number of ether oxygens (including phenoxy) is 1. The highest BCUT2D eigenvalue weighted by atomic mass is 16.6. The van der Waals surface area contributed by atoms with Crippen LogP contribution in [0.25, 0.3) is 11.2 Å². The van der Waals surface area contributed by atoms with Crippen LogP contribution in [-0.2, 0) is 11.2 Å². The molecule has 3 aromatic rings. The Kier molecular flexibility index (Phi) is 5.75. The molecule has 0 radical (unpaired) electrons. The average molecular weight is 482 g/mol. The second-order valence-electron chi connectivity index (χ2n) is 8.75. The van der Waals surface area contributed by atoms with Crippen LogP contribution in [0.1, 0.15) is 58.7 Å². The second kappa shape index (κ2) is 8.64. The fourth-order valence-electron chi connectivity index (χ4n) is 4.93. The maximum atomic E-state index is 13.6. The molecule has 12 heteroatoms. The number of imidazole rings is 1. The number of hydrogen-bond donors (Lipinski definition) is 4. The highest BCUT2D eigenvalue weighted by Crippen LogP contribution is 2.44. The lowest BCUT2D eigenvalue weighted by Crippen LogP contribution is -2.63. The third-order valence-corrected chi connectivity index (χ3v) is 6.72. The standard InChI is InChI=1S/C23H26N6O6/c1-2-3-4-6-12-7-5-8-13-15(12)21(33)29(20(13)32)23(34)14(9-30)35-22(17(23)31)28-11-27-16-18(24)25-10-26-19(16)28/h5,7-8,10-11,14,17,22,30-31,34H,2-4,6,9H2,1H3,(H2,24,25,26)/t14-,17+,22-,23-/m1/s1. The van der Waals surface area contributed by atoms with Gasteiger partial charge in [-0.2, -0.15) is 0 Å². The fraction of sp³-hybridized carbons (Fsp3) is 0.435. The normalized spacial score (nSPS) is 26.2. The number of carbonyl (C=O) groups is 2. The monoisotopic (exact) mass is 482 g/mol. The van der Waals surface area contributed by atoms with Crippen LogP contribution in [0.4, 0.5) is 5.82 Å². The first kappa shape index (κ1) is 23.3. The first-order valence-electron chi connectivity index (χ1n) is 11.4. The molecule has 1 aromatic carbocycles. The van der Waals surface area contributed by atoms with Crippen molar-refractivity contribution < 1.29 is 29.6 Å². The van der Waals surface area contributed by atoms with E-state index in [0.29, 0.717) is 16.9 Å².